The van der Waals surface area contributed by atoms with E-state index in [-0.39, 0.29) is 6.03 Å². The van der Waals surface area contributed by atoms with Gasteiger partial charge in [-0.15, -0.1) is 0 Å². The topological polar surface area (TPSA) is 62.7 Å². The highest BCUT2D eigenvalue weighted by Crippen LogP contribution is 2.25. The fourth-order valence-corrected chi connectivity index (χ4v) is 3.12. The molecule has 7 heteroatoms. The van der Waals surface area contributed by atoms with Gasteiger partial charge in [0.1, 0.15) is 5.75 Å². The molecule has 0 radical (unpaired) electrons. The SMILES string of the molecule is COc1ccc2c(c1)C(CCNC(=O)Nc1ccc(Cl)c(Cl)c1)=NCC2. The van der Waals surface area contributed by atoms with Crippen molar-refractivity contribution in [3.63, 3.8) is 0 Å². The first kappa shape index (κ1) is 18.5. The van der Waals surface area contributed by atoms with Crippen molar-refractivity contribution < 1.29 is 9.53 Å². The number of carbonyl (C=O) groups is 1. The summed E-state index contributed by atoms with van der Waals surface area (Å²) >= 11 is 11.8. The van der Waals surface area contributed by atoms with Crippen molar-refractivity contribution in [3.8, 4) is 5.75 Å². The lowest BCUT2D eigenvalue weighted by molar-refractivity contribution is 0.252. The van der Waals surface area contributed by atoms with E-state index in [4.69, 9.17) is 27.9 Å². The fourth-order valence-electron chi connectivity index (χ4n) is 2.82. The van der Waals surface area contributed by atoms with E-state index in [1.807, 2.05) is 12.1 Å². The number of nitrogens with zero attached hydrogens (tertiary/aromatic N) is 1. The van der Waals surface area contributed by atoms with Crippen LogP contribution in [0.2, 0.25) is 10.0 Å². The molecule has 0 aliphatic carbocycles. The number of anilines is 1. The van der Waals surface area contributed by atoms with Gasteiger partial charge in [0, 0.05) is 36.5 Å². The average molecular weight is 392 g/mol. The van der Waals surface area contributed by atoms with E-state index in [1.165, 1.54) is 5.56 Å². The highest BCUT2D eigenvalue weighted by atomic mass is 35.5. The van der Waals surface area contributed by atoms with Gasteiger partial charge in [-0.1, -0.05) is 29.3 Å². The molecule has 2 aromatic carbocycles. The summed E-state index contributed by atoms with van der Waals surface area (Å²) in [6.45, 7) is 1.24. The highest BCUT2D eigenvalue weighted by Gasteiger charge is 2.15. The van der Waals surface area contributed by atoms with E-state index < -0.39 is 0 Å². The summed E-state index contributed by atoms with van der Waals surface area (Å²) in [5, 5.41) is 6.41. The van der Waals surface area contributed by atoms with Crippen molar-refractivity contribution in [2.24, 2.45) is 4.99 Å². The van der Waals surface area contributed by atoms with E-state index in [0.717, 1.165) is 30.0 Å². The lowest BCUT2D eigenvalue weighted by atomic mass is 9.95. The number of rotatable bonds is 5. The minimum atomic E-state index is -0.300. The van der Waals surface area contributed by atoms with Crippen molar-refractivity contribution in [1.29, 1.82) is 0 Å². The molecule has 3 rings (SSSR count). The predicted octanol–water partition coefficient (Wildman–Crippen LogP) is 4.56. The van der Waals surface area contributed by atoms with Gasteiger partial charge in [-0.25, -0.2) is 4.79 Å². The molecule has 0 fully saturated rings. The van der Waals surface area contributed by atoms with Crippen molar-refractivity contribution in [2.75, 3.05) is 25.5 Å². The number of carbonyl (C=O) groups excluding carboxylic acids is 1. The molecule has 0 spiro atoms. The number of methoxy groups -OCH3 is 1. The Bertz CT molecular complexity index is 853. The summed E-state index contributed by atoms with van der Waals surface area (Å²) in [6.07, 6.45) is 1.57. The number of benzene rings is 2. The van der Waals surface area contributed by atoms with Crippen molar-refractivity contribution in [3.05, 3.63) is 57.6 Å². The number of urea groups is 1. The lowest BCUT2D eigenvalue weighted by Gasteiger charge is -2.18. The molecule has 1 aliphatic heterocycles. The largest absolute Gasteiger partial charge is 0.497 e. The van der Waals surface area contributed by atoms with Crippen LogP contribution in [0.25, 0.3) is 0 Å². The van der Waals surface area contributed by atoms with Crippen LogP contribution < -0.4 is 15.4 Å². The number of aliphatic imine (C=N–C) groups is 1. The van der Waals surface area contributed by atoms with Gasteiger partial charge in [-0.2, -0.15) is 0 Å². The molecule has 2 N–H and O–H groups in total. The first-order chi connectivity index (χ1) is 12.6. The Morgan fingerprint density at radius 3 is 2.81 bits per heavy atom. The highest BCUT2D eigenvalue weighted by molar-refractivity contribution is 6.42. The van der Waals surface area contributed by atoms with Crippen LogP contribution in [0.5, 0.6) is 5.75 Å². The number of halogens is 2. The standard InChI is InChI=1S/C19H19Cl2N3O2/c1-26-14-4-2-12-6-8-22-18(15(12)11-14)7-9-23-19(25)24-13-3-5-16(20)17(21)10-13/h2-5,10-11H,6-9H2,1H3,(H2,23,24,25). The molecule has 26 heavy (non-hydrogen) atoms. The van der Waals surface area contributed by atoms with Crippen LogP contribution in [-0.4, -0.2) is 31.9 Å². The van der Waals surface area contributed by atoms with Gasteiger partial charge in [-0.05, 0) is 42.3 Å². The van der Waals surface area contributed by atoms with Gasteiger partial charge in [-0.3, -0.25) is 4.99 Å². The fraction of sp³-hybridized carbons (Fsp3) is 0.263. The Morgan fingerprint density at radius 2 is 2.04 bits per heavy atom. The maximum Gasteiger partial charge on any atom is 0.319 e. The molecular formula is C19H19Cl2N3O2. The zero-order chi connectivity index (χ0) is 18.5. The van der Waals surface area contributed by atoms with E-state index in [0.29, 0.717) is 28.7 Å². The van der Waals surface area contributed by atoms with Crippen molar-refractivity contribution >= 4 is 40.6 Å². The third-order valence-electron chi connectivity index (χ3n) is 4.14. The lowest BCUT2D eigenvalue weighted by Crippen LogP contribution is -2.31. The van der Waals surface area contributed by atoms with Crippen LogP contribution in [0.15, 0.2) is 41.4 Å². The monoisotopic (exact) mass is 391 g/mol. The van der Waals surface area contributed by atoms with E-state index in [2.05, 4.69) is 21.7 Å². The van der Waals surface area contributed by atoms with Crippen LogP contribution in [0.4, 0.5) is 10.5 Å². The molecule has 2 aromatic rings. The van der Waals surface area contributed by atoms with Crippen LogP contribution in [0.3, 0.4) is 0 Å². The van der Waals surface area contributed by atoms with Crippen molar-refractivity contribution in [1.82, 2.24) is 5.32 Å². The molecular weight excluding hydrogens is 373 g/mol. The summed E-state index contributed by atoms with van der Waals surface area (Å²) in [5.41, 5.74) is 3.93. The third kappa shape index (κ3) is 4.48. The van der Waals surface area contributed by atoms with Gasteiger partial charge in [0.05, 0.1) is 17.2 Å². The number of ether oxygens (including phenoxy) is 1. The zero-order valence-electron chi connectivity index (χ0n) is 14.3. The van der Waals surface area contributed by atoms with Crippen LogP contribution in [0.1, 0.15) is 17.5 Å². The molecule has 0 aromatic heterocycles. The van der Waals surface area contributed by atoms with Crippen molar-refractivity contribution in [2.45, 2.75) is 12.8 Å². The number of amides is 2. The Labute approximate surface area is 162 Å². The Kier molecular flexibility index (Phi) is 6.01. The van der Waals surface area contributed by atoms with Crippen LogP contribution in [0, 0.1) is 0 Å². The van der Waals surface area contributed by atoms with Gasteiger partial charge in [0.2, 0.25) is 0 Å². The van der Waals surface area contributed by atoms with Gasteiger partial charge < -0.3 is 15.4 Å². The second-order valence-corrected chi connectivity index (χ2v) is 6.68. The van der Waals surface area contributed by atoms with Gasteiger partial charge in [0.25, 0.3) is 0 Å². The summed E-state index contributed by atoms with van der Waals surface area (Å²) in [7, 11) is 1.65. The summed E-state index contributed by atoms with van der Waals surface area (Å²) in [6, 6.07) is 10.7. The maximum atomic E-state index is 12.0. The smallest absolute Gasteiger partial charge is 0.319 e. The van der Waals surface area contributed by atoms with Gasteiger partial charge in [0.15, 0.2) is 0 Å². The average Bonchev–Trinajstić information content (AvgIpc) is 2.64. The molecule has 0 saturated heterocycles. The number of fused-ring (bicyclic) bond motifs is 1. The van der Waals surface area contributed by atoms with Crippen LogP contribution in [-0.2, 0) is 6.42 Å². The van der Waals surface area contributed by atoms with E-state index in [9.17, 15) is 4.79 Å². The third-order valence-corrected chi connectivity index (χ3v) is 4.88. The Balaban J connectivity index is 1.56. The zero-order valence-corrected chi connectivity index (χ0v) is 15.8. The first-order valence-corrected chi connectivity index (χ1v) is 9.03. The Morgan fingerprint density at radius 1 is 1.19 bits per heavy atom. The molecule has 5 nitrogen and oxygen atoms in total. The molecule has 1 heterocycles. The quantitative estimate of drug-likeness (QED) is 0.784. The second-order valence-electron chi connectivity index (χ2n) is 5.86. The normalized spacial score (nSPS) is 12.8. The molecule has 0 bridgehead atoms. The first-order valence-electron chi connectivity index (χ1n) is 8.27. The second kappa shape index (κ2) is 8.43. The molecule has 0 saturated carbocycles. The molecule has 0 atom stereocenters. The Hall–Kier alpha value is -2.24. The molecule has 136 valence electrons. The minimum Gasteiger partial charge on any atom is -0.497 e. The van der Waals surface area contributed by atoms with E-state index >= 15 is 0 Å². The predicted molar refractivity (Wildman–Crippen MR) is 106 cm³/mol. The summed E-state index contributed by atoms with van der Waals surface area (Å²) < 4.78 is 5.30. The van der Waals surface area contributed by atoms with Gasteiger partial charge >= 0.3 is 6.03 Å². The molecule has 1 aliphatic rings. The molecule has 0 unspecified atom stereocenters. The number of nitrogens with one attached hydrogen (secondary N) is 2. The molecule has 2 amide bonds. The number of hydrogen-bond donors (Lipinski definition) is 2. The van der Waals surface area contributed by atoms with E-state index in [1.54, 1.807) is 25.3 Å². The number of hydrogen-bond acceptors (Lipinski definition) is 3. The minimum absolute atomic E-state index is 0.300. The summed E-state index contributed by atoms with van der Waals surface area (Å²) in [4.78, 5) is 16.6. The maximum absolute atomic E-state index is 12.0. The van der Waals surface area contributed by atoms with Crippen LogP contribution >= 0.6 is 23.2 Å². The summed E-state index contributed by atoms with van der Waals surface area (Å²) in [5.74, 6) is 0.809.